The third-order valence-electron chi connectivity index (χ3n) is 4.04. The molecule has 8 nitrogen and oxygen atoms in total. The van der Waals surface area contributed by atoms with E-state index in [2.05, 4.69) is 15.4 Å². The summed E-state index contributed by atoms with van der Waals surface area (Å²) in [7, 11) is -3.74. The number of carbonyl (C=O) groups excluding carboxylic acids is 2. The predicted octanol–water partition coefficient (Wildman–Crippen LogP) is 1.81. The molecule has 0 atom stereocenters. The van der Waals surface area contributed by atoms with Crippen molar-refractivity contribution in [3.05, 3.63) is 59.7 Å². The zero-order valence-electron chi connectivity index (χ0n) is 15.9. The molecule has 0 aliphatic heterocycles. The molecule has 2 rings (SSSR count). The molecule has 0 radical (unpaired) electrons. The van der Waals surface area contributed by atoms with Crippen LogP contribution in [0.2, 0.25) is 0 Å². The smallest absolute Gasteiger partial charge is 0.251 e. The molecule has 0 fully saturated rings. The fraction of sp³-hybridized carbons (Fsp3) is 0.250. The molecule has 0 saturated carbocycles. The Morgan fingerprint density at radius 3 is 2.41 bits per heavy atom. The zero-order valence-corrected chi connectivity index (χ0v) is 16.8. The first kappa shape index (κ1) is 22.1. The van der Waals surface area contributed by atoms with Gasteiger partial charge in [-0.2, -0.15) is 5.26 Å². The lowest BCUT2D eigenvalue weighted by Gasteiger charge is -2.10. The van der Waals surface area contributed by atoms with Crippen LogP contribution in [0.15, 0.2) is 53.4 Å². The number of amides is 2. The van der Waals surface area contributed by atoms with Gasteiger partial charge in [-0.1, -0.05) is 25.1 Å². The van der Waals surface area contributed by atoms with Crippen molar-refractivity contribution in [3.63, 3.8) is 0 Å². The number of sulfonamides is 1. The molecule has 3 N–H and O–H groups in total. The maximum absolute atomic E-state index is 12.2. The summed E-state index contributed by atoms with van der Waals surface area (Å²) in [4.78, 5) is 24.3. The van der Waals surface area contributed by atoms with Crippen LogP contribution in [0.4, 0.5) is 5.69 Å². The number of hydrogen-bond donors (Lipinski definition) is 3. The van der Waals surface area contributed by atoms with Crippen molar-refractivity contribution in [2.45, 2.75) is 24.7 Å². The second-order valence-corrected chi connectivity index (χ2v) is 7.84. The van der Waals surface area contributed by atoms with Crippen molar-refractivity contribution in [2.75, 3.05) is 18.4 Å². The van der Waals surface area contributed by atoms with Crippen LogP contribution in [0.5, 0.6) is 0 Å². The van der Waals surface area contributed by atoms with E-state index >= 15 is 0 Å². The maximum Gasteiger partial charge on any atom is 0.251 e. The van der Waals surface area contributed by atoms with Gasteiger partial charge < -0.3 is 10.6 Å². The minimum absolute atomic E-state index is 0.0113. The lowest BCUT2D eigenvalue weighted by Crippen LogP contribution is -2.33. The molecule has 0 saturated heterocycles. The van der Waals surface area contributed by atoms with Crippen molar-refractivity contribution in [1.29, 1.82) is 5.26 Å². The van der Waals surface area contributed by atoms with Crippen LogP contribution in [-0.4, -0.2) is 33.3 Å². The van der Waals surface area contributed by atoms with Crippen LogP contribution >= 0.6 is 0 Å². The molecule has 2 aromatic rings. The van der Waals surface area contributed by atoms with E-state index in [0.717, 1.165) is 12.0 Å². The van der Waals surface area contributed by atoms with Gasteiger partial charge in [0.15, 0.2) is 0 Å². The van der Waals surface area contributed by atoms with Gasteiger partial charge in [0.25, 0.3) is 5.91 Å². The molecular weight excluding hydrogens is 392 g/mol. The Hall–Kier alpha value is -3.22. The Kier molecular flexibility index (Phi) is 7.88. The first-order valence-electron chi connectivity index (χ1n) is 9.00. The summed E-state index contributed by atoms with van der Waals surface area (Å²) < 4.78 is 26.4. The molecule has 2 aromatic carbocycles. The average molecular weight is 414 g/mol. The lowest BCUT2D eigenvalue weighted by molar-refractivity contribution is -0.115. The molecule has 0 heterocycles. The van der Waals surface area contributed by atoms with Crippen LogP contribution in [0.3, 0.4) is 0 Å². The van der Waals surface area contributed by atoms with Crippen LogP contribution in [0, 0.1) is 11.3 Å². The van der Waals surface area contributed by atoms with Crippen molar-refractivity contribution < 1.29 is 18.0 Å². The van der Waals surface area contributed by atoms with E-state index in [-0.39, 0.29) is 35.9 Å². The third-order valence-corrected chi connectivity index (χ3v) is 5.51. The number of hydrogen-bond acceptors (Lipinski definition) is 5. The van der Waals surface area contributed by atoms with E-state index in [9.17, 15) is 18.0 Å². The Labute approximate surface area is 170 Å². The van der Waals surface area contributed by atoms with Crippen LogP contribution < -0.4 is 15.4 Å². The maximum atomic E-state index is 12.2. The number of para-hydroxylation sites is 1. The molecule has 29 heavy (non-hydrogen) atoms. The first-order chi connectivity index (χ1) is 13.9. The fourth-order valence-corrected chi connectivity index (χ4v) is 3.55. The Balaban J connectivity index is 1.92. The van der Waals surface area contributed by atoms with E-state index in [0.29, 0.717) is 5.69 Å². The Morgan fingerprint density at radius 1 is 1.07 bits per heavy atom. The van der Waals surface area contributed by atoms with Crippen LogP contribution in [0.25, 0.3) is 0 Å². The van der Waals surface area contributed by atoms with Gasteiger partial charge in [0, 0.05) is 24.2 Å². The van der Waals surface area contributed by atoms with Gasteiger partial charge in [0.1, 0.15) is 0 Å². The summed E-state index contributed by atoms with van der Waals surface area (Å²) in [5.41, 5.74) is 1.92. The molecule has 9 heteroatoms. The number of carbonyl (C=O) groups is 2. The van der Waals surface area contributed by atoms with E-state index in [1.165, 1.54) is 24.3 Å². The van der Waals surface area contributed by atoms with Gasteiger partial charge >= 0.3 is 0 Å². The van der Waals surface area contributed by atoms with E-state index in [1.807, 2.05) is 31.2 Å². The molecule has 0 spiro atoms. The number of nitriles is 1. The summed E-state index contributed by atoms with van der Waals surface area (Å²) in [6.07, 6.45) is 0.827. The number of rotatable bonds is 9. The monoisotopic (exact) mass is 414 g/mol. The number of benzene rings is 2. The Bertz CT molecular complexity index is 1010. The minimum Gasteiger partial charge on any atom is -0.343 e. The topological polar surface area (TPSA) is 128 Å². The van der Waals surface area contributed by atoms with Gasteiger partial charge in [0.2, 0.25) is 15.9 Å². The summed E-state index contributed by atoms with van der Waals surface area (Å²) in [5.74, 6) is -0.856. The van der Waals surface area contributed by atoms with Crippen LogP contribution in [0.1, 0.15) is 29.3 Å². The number of anilines is 1. The van der Waals surface area contributed by atoms with Gasteiger partial charge in [-0.25, -0.2) is 13.1 Å². The third kappa shape index (κ3) is 6.41. The van der Waals surface area contributed by atoms with E-state index in [1.54, 1.807) is 6.07 Å². The fourth-order valence-electron chi connectivity index (χ4n) is 2.52. The Morgan fingerprint density at radius 2 is 1.76 bits per heavy atom. The SMILES string of the molecule is CCc1ccccc1NC(=O)CNC(=O)c1ccc(S(=O)(=O)NCCC#N)cc1. The standard InChI is InChI=1S/C20H22N4O4S/c1-2-15-6-3-4-7-18(15)24-19(25)14-22-20(26)16-8-10-17(11-9-16)29(27,28)23-13-5-12-21/h3-4,6-11,23H,2,5,13-14H2,1H3,(H,22,26)(H,24,25). The van der Waals surface area contributed by atoms with E-state index < -0.39 is 15.9 Å². The number of aryl methyl sites for hydroxylation is 1. The van der Waals surface area contributed by atoms with Crippen molar-refractivity contribution >= 4 is 27.5 Å². The van der Waals surface area contributed by atoms with E-state index in [4.69, 9.17) is 5.26 Å². The summed E-state index contributed by atoms with van der Waals surface area (Å²) in [6, 6.07) is 14.6. The predicted molar refractivity (Wildman–Crippen MR) is 109 cm³/mol. The molecule has 0 bridgehead atoms. The van der Waals surface area contributed by atoms with Crippen LogP contribution in [-0.2, 0) is 21.2 Å². The highest BCUT2D eigenvalue weighted by Crippen LogP contribution is 2.15. The highest BCUT2D eigenvalue weighted by atomic mass is 32.2. The number of nitrogens with zero attached hydrogens (tertiary/aromatic N) is 1. The van der Waals surface area contributed by atoms with Gasteiger partial charge in [-0.3, -0.25) is 9.59 Å². The summed E-state index contributed by atoms with van der Waals surface area (Å²) >= 11 is 0. The second kappa shape index (κ2) is 10.4. The quantitative estimate of drug-likeness (QED) is 0.539. The molecule has 152 valence electrons. The zero-order chi connectivity index (χ0) is 21.3. The molecule has 0 aromatic heterocycles. The van der Waals surface area contributed by atoms with Gasteiger partial charge in [-0.15, -0.1) is 0 Å². The average Bonchev–Trinajstić information content (AvgIpc) is 2.72. The molecule has 0 unspecified atom stereocenters. The molecule has 0 aliphatic carbocycles. The van der Waals surface area contributed by atoms with Crippen molar-refractivity contribution in [2.24, 2.45) is 0 Å². The highest BCUT2D eigenvalue weighted by Gasteiger charge is 2.15. The molecular formula is C20H22N4O4S. The molecule has 2 amide bonds. The lowest BCUT2D eigenvalue weighted by atomic mass is 10.1. The van der Waals surface area contributed by atoms with Gasteiger partial charge in [0.05, 0.1) is 17.5 Å². The minimum atomic E-state index is -3.74. The highest BCUT2D eigenvalue weighted by molar-refractivity contribution is 7.89. The number of nitrogens with one attached hydrogen (secondary N) is 3. The normalized spacial score (nSPS) is 10.8. The summed E-state index contributed by atoms with van der Waals surface area (Å²) in [6.45, 7) is 1.78. The van der Waals surface area contributed by atoms with Crippen molar-refractivity contribution in [3.8, 4) is 6.07 Å². The first-order valence-corrected chi connectivity index (χ1v) is 10.5. The second-order valence-electron chi connectivity index (χ2n) is 6.07. The van der Waals surface area contributed by atoms with Gasteiger partial charge in [-0.05, 0) is 42.3 Å². The van der Waals surface area contributed by atoms with Crippen molar-refractivity contribution in [1.82, 2.24) is 10.0 Å². The molecule has 0 aliphatic rings. The summed E-state index contributed by atoms with van der Waals surface area (Å²) in [5, 5.41) is 13.7. The largest absolute Gasteiger partial charge is 0.343 e.